The number of carbonyl (C=O) groups excluding carboxylic acids is 2. The van der Waals surface area contributed by atoms with E-state index in [-0.39, 0.29) is 16.8 Å². The van der Waals surface area contributed by atoms with Gasteiger partial charge < -0.3 is 10.1 Å². The number of ether oxygens (including phenoxy) is 1. The fourth-order valence-electron chi connectivity index (χ4n) is 4.46. The van der Waals surface area contributed by atoms with Crippen LogP contribution < -0.4 is 10.0 Å². The number of carbonyl (C=O) groups is 2. The van der Waals surface area contributed by atoms with Gasteiger partial charge in [0.25, 0.3) is 5.91 Å². The summed E-state index contributed by atoms with van der Waals surface area (Å²) < 4.78 is 31.4. The number of aryl methyl sites for hydroxylation is 1. The minimum atomic E-state index is -3.80. The number of nitrogens with one attached hydrogen (secondary N) is 2. The molecule has 2 saturated carbocycles. The Balaban J connectivity index is 1.39. The summed E-state index contributed by atoms with van der Waals surface area (Å²) in [6.45, 7) is 2.92. The van der Waals surface area contributed by atoms with Crippen molar-refractivity contribution < 1.29 is 22.7 Å². The second-order valence-electron chi connectivity index (χ2n) is 7.99. The van der Waals surface area contributed by atoms with Crippen molar-refractivity contribution >= 4 is 21.9 Å². The normalized spacial score (nSPS) is 24.7. The average molecular weight is 409 g/mol. The SMILES string of the molecule is Cc1ccc(S(=O)(=O)NCC(=O)OCC(=O)N[C@H](C)[C@H]2C[C@H]3CC[C@H]2C3)cc1. The van der Waals surface area contributed by atoms with Crippen LogP contribution >= 0.6 is 0 Å². The van der Waals surface area contributed by atoms with Gasteiger partial charge in [-0.1, -0.05) is 24.1 Å². The van der Waals surface area contributed by atoms with Gasteiger partial charge in [-0.15, -0.1) is 0 Å². The van der Waals surface area contributed by atoms with Gasteiger partial charge in [0.05, 0.1) is 4.90 Å². The maximum Gasteiger partial charge on any atom is 0.321 e. The molecule has 7 nitrogen and oxygen atoms in total. The maximum atomic E-state index is 12.1. The van der Waals surface area contributed by atoms with Gasteiger partial charge in [-0.2, -0.15) is 4.72 Å². The summed E-state index contributed by atoms with van der Waals surface area (Å²) >= 11 is 0. The van der Waals surface area contributed by atoms with Crippen molar-refractivity contribution in [3.05, 3.63) is 29.8 Å². The first-order valence-electron chi connectivity index (χ1n) is 9.76. The molecule has 0 aromatic heterocycles. The Morgan fingerprint density at radius 1 is 1.18 bits per heavy atom. The van der Waals surface area contributed by atoms with Crippen LogP contribution in [0.2, 0.25) is 0 Å². The van der Waals surface area contributed by atoms with Crippen LogP contribution in [0.15, 0.2) is 29.2 Å². The molecule has 4 atom stereocenters. The second-order valence-corrected chi connectivity index (χ2v) is 9.76. The lowest BCUT2D eigenvalue weighted by Gasteiger charge is -2.28. The number of amides is 1. The molecule has 1 aromatic carbocycles. The molecular formula is C20H28N2O5S. The van der Waals surface area contributed by atoms with Crippen molar-refractivity contribution in [1.29, 1.82) is 0 Å². The zero-order chi connectivity index (χ0) is 20.3. The lowest BCUT2D eigenvalue weighted by Crippen LogP contribution is -2.42. The molecule has 2 N–H and O–H groups in total. The number of benzene rings is 1. The highest BCUT2D eigenvalue weighted by Crippen LogP contribution is 2.49. The van der Waals surface area contributed by atoms with Crippen LogP contribution in [-0.4, -0.2) is 39.5 Å². The van der Waals surface area contributed by atoms with Gasteiger partial charge in [-0.3, -0.25) is 9.59 Å². The Morgan fingerprint density at radius 2 is 1.89 bits per heavy atom. The Hall–Kier alpha value is -1.93. The number of esters is 1. The number of hydrogen-bond acceptors (Lipinski definition) is 5. The third kappa shape index (κ3) is 5.11. The van der Waals surface area contributed by atoms with Crippen molar-refractivity contribution in [2.75, 3.05) is 13.2 Å². The second kappa shape index (κ2) is 8.61. The highest BCUT2D eigenvalue weighted by atomic mass is 32.2. The first-order valence-corrected chi connectivity index (χ1v) is 11.2. The lowest BCUT2D eigenvalue weighted by molar-refractivity contribution is -0.147. The molecule has 1 aromatic rings. The third-order valence-corrected chi connectivity index (χ3v) is 7.34. The summed E-state index contributed by atoms with van der Waals surface area (Å²) in [5.74, 6) is 0.843. The first-order chi connectivity index (χ1) is 13.2. The van der Waals surface area contributed by atoms with Crippen LogP contribution in [0, 0.1) is 24.7 Å². The highest BCUT2D eigenvalue weighted by Gasteiger charge is 2.42. The van der Waals surface area contributed by atoms with E-state index in [1.165, 1.54) is 31.4 Å². The first kappa shape index (κ1) is 20.8. The van der Waals surface area contributed by atoms with Gasteiger partial charge in [0.2, 0.25) is 10.0 Å². The molecule has 0 spiro atoms. The molecule has 2 aliphatic carbocycles. The Bertz CT molecular complexity index is 822. The van der Waals surface area contributed by atoms with Gasteiger partial charge in [0, 0.05) is 6.04 Å². The lowest BCUT2D eigenvalue weighted by atomic mass is 9.84. The van der Waals surface area contributed by atoms with Gasteiger partial charge in [0.15, 0.2) is 6.61 Å². The average Bonchev–Trinajstić information content (AvgIpc) is 3.28. The largest absolute Gasteiger partial charge is 0.455 e. The maximum absolute atomic E-state index is 12.1. The van der Waals surface area contributed by atoms with Gasteiger partial charge in [-0.25, -0.2) is 8.42 Å². The Kier molecular flexibility index (Phi) is 6.40. The number of sulfonamides is 1. The van der Waals surface area contributed by atoms with E-state index in [1.807, 2.05) is 13.8 Å². The Labute approximate surface area is 166 Å². The Morgan fingerprint density at radius 3 is 2.50 bits per heavy atom. The molecule has 28 heavy (non-hydrogen) atoms. The van der Waals surface area contributed by atoms with E-state index in [4.69, 9.17) is 4.74 Å². The summed E-state index contributed by atoms with van der Waals surface area (Å²) in [4.78, 5) is 23.9. The van der Waals surface area contributed by atoms with E-state index < -0.39 is 29.1 Å². The van der Waals surface area contributed by atoms with Crippen molar-refractivity contribution in [3.63, 3.8) is 0 Å². The fraction of sp³-hybridized carbons (Fsp3) is 0.600. The molecule has 2 aliphatic rings. The van der Waals surface area contributed by atoms with Crippen molar-refractivity contribution in [2.45, 2.75) is 50.5 Å². The molecule has 0 saturated heterocycles. The number of hydrogen-bond donors (Lipinski definition) is 2. The fourth-order valence-corrected chi connectivity index (χ4v) is 5.43. The summed E-state index contributed by atoms with van der Waals surface area (Å²) in [7, 11) is -3.80. The molecule has 3 rings (SSSR count). The van der Waals surface area contributed by atoms with E-state index in [0.717, 1.165) is 17.9 Å². The summed E-state index contributed by atoms with van der Waals surface area (Å²) in [5, 5.41) is 2.91. The molecule has 1 amide bonds. The minimum Gasteiger partial charge on any atom is -0.455 e. The number of rotatable bonds is 8. The zero-order valence-electron chi connectivity index (χ0n) is 16.3. The van der Waals surface area contributed by atoms with E-state index >= 15 is 0 Å². The van der Waals surface area contributed by atoms with Gasteiger partial charge in [0.1, 0.15) is 6.54 Å². The number of fused-ring (bicyclic) bond motifs is 2. The van der Waals surface area contributed by atoms with Gasteiger partial charge >= 0.3 is 5.97 Å². The molecular weight excluding hydrogens is 380 g/mol. The van der Waals surface area contributed by atoms with E-state index in [9.17, 15) is 18.0 Å². The van der Waals surface area contributed by atoms with Crippen molar-refractivity contribution in [1.82, 2.24) is 10.0 Å². The van der Waals surface area contributed by atoms with Crippen LogP contribution in [0.4, 0.5) is 0 Å². The topological polar surface area (TPSA) is 102 Å². The molecule has 8 heteroatoms. The zero-order valence-corrected chi connectivity index (χ0v) is 17.1. The monoisotopic (exact) mass is 408 g/mol. The predicted octanol–water partition coefficient (Wildman–Crippen LogP) is 1.76. The molecule has 2 bridgehead atoms. The summed E-state index contributed by atoms with van der Waals surface area (Å²) in [5.41, 5.74) is 0.934. The van der Waals surface area contributed by atoms with E-state index in [1.54, 1.807) is 12.1 Å². The molecule has 2 fully saturated rings. The van der Waals surface area contributed by atoms with Crippen LogP contribution in [0.3, 0.4) is 0 Å². The van der Waals surface area contributed by atoms with Crippen LogP contribution in [0.5, 0.6) is 0 Å². The van der Waals surface area contributed by atoms with Crippen molar-refractivity contribution in [2.24, 2.45) is 17.8 Å². The molecule has 0 aliphatic heterocycles. The molecule has 0 heterocycles. The van der Waals surface area contributed by atoms with Crippen LogP contribution in [0.1, 0.15) is 38.2 Å². The van der Waals surface area contributed by atoms with Crippen LogP contribution in [-0.2, 0) is 24.3 Å². The summed E-state index contributed by atoms with van der Waals surface area (Å²) in [6, 6.07) is 6.34. The summed E-state index contributed by atoms with van der Waals surface area (Å²) in [6.07, 6.45) is 4.97. The van der Waals surface area contributed by atoms with E-state index in [2.05, 4.69) is 10.0 Å². The van der Waals surface area contributed by atoms with Crippen LogP contribution in [0.25, 0.3) is 0 Å². The van der Waals surface area contributed by atoms with E-state index in [0.29, 0.717) is 11.8 Å². The highest BCUT2D eigenvalue weighted by molar-refractivity contribution is 7.89. The predicted molar refractivity (Wildman–Crippen MR) is 104 cm³/mol. The molecule has 0 radical (unpaired) electrons. The van der Waals surface area contributed by atoms with Gasteiger partial charge in [-0.05, 0) is 63.0 Å². The molecule has 0 unspecified atom stereocenters. The minimum absolute atomic E-state index is 0.0570. The molecule has 154 valence electrons. The smallest absolute Gasteiger partial charge is 0.321 e. The van der Waals surface area contributed by atoms with Crippen molar-refractivity contribution in [3.8, 4) is 0 Å². The quantitative estimate of drug-likeness (QED) is 0.638. The third-order valence-electron chi connectivity index (χ3n) is 5.93. The standard InChI is InChI=1S/C20H28N2O5S/c1-13-3-7-17(8-4-13)28(25,26)21-11-20(24)27-12-19(23)22-14(2)18-10-15-5-6-16(18)9-15/h3-4,7-8,14-16,18,21H,5-6,9-12H2,1-2H3,(H,22,23)/t14-,15+,16+,18-/m1/s1.